The molecule has 0 aliphatic carbocycles. The number of ether oxygens (including phenoxy) is 4. The number of fused-ring (bicyclic) bond motifs is 2. The summed E-state index contributed by atoms with van der Waals surface area (Å²) < 4.78 is 24.7. The molecular weight excluding hydrogens is 506 g/mol. The molecule has 40 heavy (non-hydrogen) atoms. The van der Waals surface area contributed by atoms with Gasteiger partial charge in [0.05, 0.1) is 17.5 Å². The highest BCUT2D eigenvalue weighted by Crippen LogP contribution is 2.35. The lowest BCUT2D eigenvalue weighted by atomic mass is 10.1. The minimum atomic E-state index is -0.696. The Hall–Kier alpha value is -4.01. The minimum absolute atomic E-state index is 0.246. The van der Waals surface area contributed by atoms with Crippen molar-refractivity contribution in [3.63, 3.8) is 0 Å². The summed E-state index contributed by atoms with van der Waals surface area (Å²) in [6.45, 7) is 7.26. The fraction of sp³-hybridized carbons (Fsp3) is 0.344. The fourth-order valence-corrected chi connectivity index (χ4v) is 5.35. The fourth-order valence-electron chi connectivity index (χ4n) is 5.35. The Labute approximate surface area is 234 Å². The van der Waals surface area contributed by atoms with E-state index in [1.165, 1.54) is 0 Å². The van der Waals surface area contributed by atoms with Gasteiger partial charge in [0, 0.05) is 31.7 Å². The van der Waals surface area contributed by atoms with Crippen LogP contribution in [0.15, 0.2) is 66.7 Å². The molecule has 0 bridgehead atoms. The largest absolute Gasteiger partial charge is 0.454 e. The highest BCUT2D eigenvalue weighted by molar-refractivity contribution is 5.57. The number of aliphatic hydroxyl groups is 1. The summed E-state index contributed by atoms with van der Waals surface area (Å²) in [5.74, 6) is 3.97. The van der Waals surface area contributed by atoms with Crippen LogP contribution in [0.4, 0.5) is 0 Å². The number of hydrogen-bond acceptors (Lipinski definition) is 7. The van der Waals surface area contributed by atoms with E-state index in [1.807, 2.05) is 42.5 Å². The minimum Gasteiger partial charge on any atom is -0.454 e. The van der Waals surface area contributed by atoms with Gasteiger partial charge in [-0.05, 0) is 48.7 Å². The van der Waals surface area contributed by atoms with Crippen molar-refractivity contribution in [1.29, 1.82) is 0 Å². The molecule has 0 saturated heterocycles. The van der Waals surface area contributed by atoms with Crippen LogP contribution in [-0.4, -0.2) is 33.1 Å². The summed E-state index contributed by atoms with van der Waals surface area (Å²) in [5, 5.41) is 10.9. The van der Waals surface area contributed by atoms with Crippen molar-refractivity contribution in [3.05, 3.63) is 89.2 Å². The van der Waals surface area contributed by atoms with Crippen LogP contribution >= 0.6 is 0 Å². The zero-order valence-corrected chi connectivity index (χ0v) is 23.0. The molecule has 8 nitrogen and oxygen atoms in total. The topological polar surface area (TPSA) is 78.2 Å². The molecule has 8 heteroatoms. The van der Waals surface area contributed by atoms with Gasteiger partial charge in [-0.2, -0.15) is 0 Å². The van der Waals surface area contributed by atoms with Gasteiger partial charge in [0.1, 0.15) is 5.82 Å². The molecule has 1 aromatic heterocycles. The molecule has 2 aliphatic rings. The number of hydrogen-bond donors (Lipinski definition) is 1. The van der Waals surface area contributed by atoms with Crippen LogP contribution in [-0.2, 0) is 26.2 Å². The quantitative estimate of drug-likeness (QED) is 0.247. The predicted molar refractivity (Wildman–Crippen MR) is 151 cm³/mol. The average Bonchev–Trinajstić information content (AvgIpc) is 3.70. The molecule has 0 amide bonds. The van der Waals surface area contributed by atoms with Crippen molar-refractivity contribution < 1.29 is 24.1 Å². The Morgan fingerprint density at radius 1 is 0.825 bits per heavy atom. The van der Waals surface area contributed by atoms with Gasteiger partial charge in [-0.3, -0.25) is 4.90 Å². The third-order valence-electron chi connectivity index (χ3n) is 7.33. The van der Waals surface area contributed by atoms with E-state index in [-0.39, 0.29) is 13.6 Å². The second-order valence-corrected chi connectivity index (χ2v) is 10.3. The van der Waals surface area contributed by atoms with Crippen LogP contribution in [0.25, 0.3) is 11.4 Å². The van der Waals surface area contributed by atoms with E-state index in [9.17, 15) is 5.11 Å². The Balaban J connectivity index is 1.38. The van der Waals surface area contributed by atoms with Gasteiger partial charge in [0.25, 0.3) is 0 Å². The standard InChI is InChI=1S/C32H35N3O5/c1-3-4-14-35-26(31(22(2)36)33-32(35)25-8-6-5-7-9-25)19-34(17-23-10-12-27-29(15-23)39-20-37-27)18-24-11-13-28-30(16-24)40-21-38-28/h5-13,15-16,22,36H,3-4,14,17-21H2,1-2H3. The van der Waals surface area contributed by atoms with E-state index >= 15 is 0 Å². The zero-order chi connectivity index (χ0) is 27.5. The molecule has 4 aromatic rings. The van der Waals surface area contributed by atoms with Crippen LogP contribution in [0.5, 0.6) is 23.0 Å². The Morgan fingerprint density at radius 3 is 2.00 bits per heavy atom. The normalized spacial score (nSPS) is 14.2. The summed E-state index contributed by atoms with van der Waals surface area (Å²) in [5.41, 5.74) is 5.03. The number of nitrogens with zero attached hydrogens (tertiary/aromatic N) is 3. The molecule has 0 radical (unpaired) electrons. The summed E-state index contributed by atoms with van der Waals surface area (Å²) in [6, 6.07) is 22.4. The molecular formula is C32H35N3O5. The van der Waals surface area contributed by atoms with Crippen molar-refractivity contribution in [2.75, 3.05) is 13.6 Å². The summed E-state index contributed by atoms with van der Waals surface area (Å²) in [7, 11) is 0. The van der Waals surface area contributed by atoms with Gasteiger partial charge in [-0.25, -0.2) is 4.98 Å². The molecule has 2 aliphatic heterocycles. The summed E-state index contributed by atoms with van der Waals surface area (Å²) in [6.07, 6.45) is 1.39. The first-order chi connectivity index (χ1) is 19.6. The third-order valence-corrected chi connectivity index (χ3v) is 7.33. The molecule has 0 fully saturated rings. The van der Waals surface area contributed by atoms with E-state index in [0.29, 0.717) is 19.6 Å². The molecule has 3 aromatic carbocycles. The average molecular weight is 542 g/mol. The van der Waals surface area contributed by atoms with Crippen LogP contribution < -0.4 is 18.9 Å². The second-order valence-electron chi connectivity index (χ2n) is 10.3. The maximum atomic E-state index is 10.9. The third kappa shape index (κ3) is 5.50. The smallest absolute Gasteiger partial charge is 0.231 e. The molecule has 6 rings (SSSR count). The van der Waals surface area contributed by atoms with Crippen LogP contribution in [0, 0.1) is 0 Å². The Bertz CT molecular complexity index is 1410. The van der Waals surface area contributed by atoms with E-state index in [4.69, 9.17) is 23.9 Å². The number of unbranched alkanes of at least 4 members (excludes halogenated alkanes) is 1. The number of rotatable bonds is 11. The SMILES string of the molecule is CCCCn1c(-c2ccccc2)nc(C(C)O)c1CN(Cc1ccc2c(c1)OCO2)Cc1ccc2c(c1)OCO2. The second kappa shape index (κ2) is 11.6. The number of imidazole rings is 1. The molecule has 1 atom stereocenters. The number of aromatic nitrogens is 2. The van der Waals surface area contributed by atoms with Gasteiger partial charge in [0.2, 0.25) is 13.6 Å². The van der Waals surface area contributed by atoms with Crippen molar-refractivity contribution in [3.8, 4) is 34.4 Å². The molecule has 3 heterocycles. The maximum Gasteiger partial charge on any atom is 0.231 e. The van der Waals surface area contributed by atoms with Gasteiger partial charge in [0.15, 0.2) is 23.0 Å². The monoisotopic (exact) mass is 541 g/mol. The Kier molecular flexibility index (Phi) is 7.62. The van der Waals surface area contributed by atoms with Crippen LogP contribution in [0.3, 0.4) is 0 Å². The maximum absolute atomic E-state index is 10.9. The van der Waals surface area contributed by atoms with Gasteiger partial charge >= 0.3 is 0 Å². The highest BCUT2D eigenvalue weighted by Gasteiger charge is 2.24. The van der Waals surface area contributed by atoms with Crippen LogP contribution in [0.1, 0.15) is 55.3 Å². The lowest BCUT2D eigenvalue weighted by molar-refractivity contribution is 0.173. The molecule has 0 saturated carbocycles. The first kappa shape index (κ1) is 26.2. The lowest BCUT2D eigenvalue weighted by Gasteiger charge is -2.25. The first-order valence-corrected chi connectivity index (χ1v) is 13.9. The molecule has 1 N–H and O–H groups in total. The van der Waals surface area contributed by atoms with Gasteiger partial charge in [-0.1, -0.05) is 55.8 Å². The van der Waals surface area contributed by atoms with Crippen LogP contribution in [0.2, 0.25) is 0 Å². The summed E-state index contributed by atoms with van der Waals surface area (Å²) >= 11 is 0. The van der Waals surface area contributed by atoms with E-state index in [1.54, 1.807) is 6.92 Å². The lowest BCUT2D eigenvalue weighted by Crippen LogP contribution is -2.25. The van der Waals surface area contributed by atoms with Gasteiger partial charge < -0.3 is 28.6 Å². The van der Waals surface area contributed by atoms with Crippen molar-refractivity contribution in [1.82, 2.24) is 14.5 Å². The number of benzene rings is 3. The van der Waals surface area contributed by atoms with Crippen molar-refractivity contribution >= 4 is 0 Å². The van der Waals surface area contributed by atoms with E-state index in [0.717, 1.165) is 76.3 Å². The van der Waals surface area contributed by atoms with E-state index in [2.05, 4.69) is 40.7 Å². The van der Waals surface area contributed by atoms with Gasteiger partial charge in [-0.15, -0.1) is 0 Å². The zero-order valence-electron chi connectivity index (χ0n) is 23.0. The summed E-state index contributed by atoms with van der Waals surface area (Å²) in [4.78, 5) is 7.38. The Morgan fingerprint density at radius 2 is 1.43 bits per heavy atom. The predicted octanol–water partition coefficient (Wildman–Crippen LogP) is 6.06. The van der Waals surface area contributed by atoms with Crippen molar-refractivity contribution in [2.45, 2.75) is 59.0 Å². The molecule has 0 spiro atoms. The number of aliphatic hydroxyl groups excluding tert-OH is 1. The van der Waals surface area contributed by atoms with E-state index < -0.39 is 6.10 Å². The first-order valence-electron chi connectivity index (χ1n) is 13.9. The molecule has 1 unspecified atom stereocenters. The van der Waals surface area contributed by atoms with Crippen molar-refractivity contribution in [2.24, 2.45) is 0 Å². The molecule has 208 valence electrons. The highest BCUT2D eigenvalue weighted by atomic mass is 16.7.